The van der Waals surface area contributed by atoms with E-state index in [4.69, 9.17) is 0 Å². The fourth-order valence-electron chi connectivity index (χ4n) is 4.86. The minimum absolute atomic E-state index is 0.0214. The van der Waals surface area contributed by atoms with Crippen LogP contribution in [0.5, 0.6) is 0 Å². The summed E-state index contributed by atoms with van der Waals surface area (Å²) < 4.78 is 0.751. The normalized spacial score (nSPS) is 18.7. The average molecular weight is 628 g/mol. The highest BCUT2D eigenvalue weighted by atomic mass is 79.9. The third-order valence-electron chi connectivity index (χ3n) is 7.12. The van der Waals surface area contributed by atoms with Crippen molar-refractivity contribution in [2.24, 2.45) is 5.41 Å². The van der Waals surface area contributed by atoms with Crippen LogP contribution in [0.1, 0.15) is 61.8 Å². The van der Waals surface area contributed by atoms with E-state index in [-0.39, 0.29) is 30.8 Å². The van der Waals surface area contributed by atoms with E-state index in [1.165, 1.54) is 4.90 Å². The molecular formula is C30H35BrN4O4S. The van der Waals surface area contributed by atoms with Gasteiger partial charge in [0, 0.05) is 23.0 Å². The molecular weight excluding hydrogens is 592 g/mol. The number of β-amino-alcohol motifs (C(OH)–C–C–N with tert-alkyl or cyclic N) is 1. The standard InChI is InChI=1S/C30H35BrN4O4S/c1-17(19-9-11-20(12-10-19)25-18(2)32-16-40-25)33-28(38)24-14-23(36)15-35(24)29(39)26(30(3,4)5)34-27(37)21-7-6-8-22(31)13-21/h6-13,16-17,23-24,26,36H,14-15H2,1-5H3,(H,33,38)(H,34,37)/t17-,23+,24-,26+/m0/s1. The molecule has 2 heterocycles. The number of carbonyl (C=O) groups is 3. The number of amides is 3. The third-order valence-corrected chi connectivity index (χ3v) is 8.59. The molecule has 0 aliphatic carbocycles. The first-order chi connectivity index (χ1) is 18.8. The lowest BCUT2D eigenvalue weighted by molar-refractivity contribution is -0.142. The lowest BCUT2D eigenvalue weighted by Gasteiger charge is -2.35. The van der Waals surface area contributed by atoms with Crippen LogP contribution in [0.4, 0.5) is 0 Å². The quantitative estimate of drug-likeness (QED) is 0.347. The molecule has 40 heavy (non-hydrogen) atoms. The number of thiazole rings is 1. The van der Waals surface area contributed by atoms with Crippen LogP contribution < -0.4 is 10.6 Å². The van der Waals surface area contributed by atoms with E-state index in [1.807, 2.05) is 70.5 Å². The Morgan fingerprint density at radius 3 is 2.42 bits per heavy atom. The second-order valence-electron chi connectivity index (χ2n) is 11.3. The summed E-state index contributed by atoms with van der Waals surface area (Å²) in [7, 11) is 0. The van der Waals surface area contributed by atoms with Crippen molar-refractivity contribution in [2.75, 3.05) is 6.54 Å². The molecule has 2 aromatic carbocycles. The van der Waals surface area contributed by atoms with E-state index in [9.17, 15) is 19.5 Å². The number of nitrogens with zero attached hydrogens (tertiary/aromatic N) is 2. The number of aliphatic hydroxyl groups excluding tert-OH is 1. The number of hydrogen-bond donors (Lipinski definition) is 3. The largest absolute Gasteiger partial charge is 0.391 e. The maximum absolute atomic E-state index is 13.8. The summed E-state index contributed by atoms with van der Waals surface area (Å²) in [5.74, 6) is -1.13. The number of benzene rings is 2. The van der Waals surface area contributed by atoms with Gasteiger partial charge in [-0.25, -0.2) is 4.98 Å². The summed E-state index contributed by atoms with van der Waals surface area (Å²) in [6, 6.07) is 12.8. The number of rotatable bonds is 7. The molecule has 10 heteroatoms. The zero-order valence-electron chi connectivity index (χ0n) is 23.3. The van der Waals surface area contributed by atoms with Crippen molar-refractivity contribution >= 4 is 45.0 Å². The van der Waals surface area contributed by atoms with Crippen molar-refractivity contribution < 1.29 is 19.5 Å². The number of aromatic nitrogens is 1. The number of halogens is 1. The highest BCUT2D eigenvalue weighted by molar-refractivity contribution is 9.10. The van der Waals surface area contributed by atoms with Crippen molar-refractivity contribution in [3.63, 3.8) is 0 Å². The fourth-order valence-corrected chi connectivity index (χ4v) is 6.07. The molecule has 3 amide bonds. The fraction of sp³-hybridized carbons (Fsp3) is 0.400. The third kappa shape index (κ3) is 6.79. The van der Waals surface area contributed by atoms with Crippen molar-refractivity contribution in [1.29, 1.82) is 0 Å². The van der Waals surface area contributed by atoms with Gasteiger partial charge in [0.1, 0.15) is 12.1 Å². The maximum atomic E-state index is 13.8. The Morgan fingerprint density at radius 1 is 1.12 bits per heavy atom. The zero-order valence-corrected chi connectivity index (χ0v) is 25.7. The Labute approximate surface area is 247 Å². The molecule has 0 saturated carbocycles. The van der Waals surface area contributed by atoms with Gasteiger partial charge in [0.15, 0.2) is 0 Å². The number of likely N-dealkylation sites (tertiary alicyclic amines) is 1. The number of nitrogens with one attached hydrogen (secondary N) is 2. The molecule has 4 rings (SSSR count). The Balaban J connectivity index is 1.48. The van der Waals surface area contributed by atoms with Gasteiger partial charge in [-0.2, -0.15) is 0 Å². The molecule has 1 fully saturated rings. The summed E-state index contributed by atoms with van der Waals surface area (Å²) in [6.45, 7) is 9.46. The van der Waals surface area contributed by atoms with Crippen molar-refractivity contribution in [3.8, 4) is 10.4 Å². The first-order valence-electron chi connectivity index (χ1n) is 13.2. The van der Waals surface area contributed by atoms with E-state index < -0.39 is 29.5 Å². The lowest BCUT2D eigenvalue weighted by atomic mass is 9.85. The molecule has 1 aliphatic rings. The molecule has 0 spiro atoms. The number of aryl methyl sites for hydroxylation is 1. The highest BCUT2D eigenvalue weighted by Crippen LogP contribution is 2.29. The SMILES string of the molecule is Cc1ncsc1-c1ccc([C@H](C)NC(=O)[C@@H]2C[C@@H](O)CN2C(=O)[C@@H](NC(=O)c2cccc(Br)c2)C(C)(C)C)cc1. The van der Waals surface area contributed by atoms with E-state index in [0.717, 1.165) is 26.2 Å². The molecule has 1 aliphatic heterocycles. The van der Waals surface area contributed by atoms with Gasteiger partial charge in [-0.3, -0.25) is 14.4 Å². The monoisotopic (exact) mass is 626 g/mol. The molecule has 3 N–H and O–H groups in total. The van der Waals surface area contributed by atoms with E-state index in [0.29, 0.717) is 5.56 Å². The van der Waals surface area contributed by atoms with Crippen LogP contribution >= 0.6 is 27.3 Å². The van der Waals surface area contributed by atoms with Crippen LogP contribution in [0.3, 0.4) is 0 Å². The Hall–Kier alpha value is -3.08. The van der Waals surface area contributed by atoms with Crippen LogP contribution in [0.25, 0.3) is 10.4 Å². The first-order valence-corrected chi connectivity index (χ1v) is 14.9. The zero-order chi connectivity index (χ0) is 29.2. The number of carbonyl (C=O) groups excluding carboxylic acids is 3. The van der Waals surface area contributed by atoms with Gasteiger partial charge < -0.3 is 20.6 Å². The Bertz CT molecular complexity index is 1380. The summed E-state index contributed by atoms with van der Waals surface area (Å²) in [6.07, 6.45) is -0.706. The predicted octanol–water partition coefficient (Wildman–Crippen LogP) is 4.86. The molecule has 4 atom stereocenters. The topological polar surface area (TPSA) is 112 Å². The van der Waals surface area contributed by atoms with Crippen LogP contribution in [0.15, 0.2) is 58.5 Å². The minimum Gasteiger partial charge on any atom is -0.391 e. The first kappa shape index (κ1) is 29.9. The summed E-state index contributed by atoms with van der Waals surface area (Å²) in [5.41, 5.74) is 4.56. The minimum atomic E-state index is -0.903. The maximum Gasteiger partial charge on any atom is 0.251 e. The predicted molar refractivity (Wildman–Crippen MR) is 160 cm³/mol. The Kier molecular flexibility index (Phi) is 9.12. The molecule has 1 saturated heterocycles. The second kappa shape index (κ2) is 12.2. The van der Waals surface area contributed by atoms with Crippen LogP contribution in [0.2, 0.25) is 0 Å². The second-order valence-corrected chi connectivity index (χ2v) is 13.1. The molecule has 1 aromatic heterocycles. The molecule has 212 valence electrons. The van der Waals surface area contributed by atoms with E-state index in [2.05, 4.69) is 31.5 Å². The molecule has 0 bridgehead atoms. The van der Waals surface area contributed by atoms with Gasteiger partial charge in [-0.05, 0) is 48.6 Å². The average Bonchev–Trinajstić information content (AvgIpc) is 3.51. The summed E-state index contributed by atoms with van der Waals surface area (Å²) in [4.78, 5) is 47.1. The molecule has 0 unspecified atom stereocenters. The Morgan fingerprint density at radius 2 is 1.82 bits per heavy atom. The van der Waals surface area contributed by atoms with Crippen molar-refractivity contribution in [1.82, 2.24) is 20.5 Å². The van der Waals surface area contributed by atoms with Gasteiger partial charge in [0.2, 0.25) is 11.8 Å². The van der Waals surface area contributed by atoms with Crippen LogP contribution in [-0.2, 0) is 9.59 Å². The van der Waals surface area contributed by atoms with Gasteiger partial charge >= 0.3 is 0 Å². The van der Waals surface area contributed by atoms with Crippen LogP contribution in [0, 0.1) is 12.3 Å². The molecule has 8 nitrogen and oxygen atoms in total. The van der Waals surface area contributed by atoms with Crippen LogP contribution in [-0.4, -0.2) is 57.4 Å². The lowest BCUT2D eigenvalue weighted by Crippen LogP contribution is -2.57. The van der Waals surface area contributed by atoms with Gasteiger partial charge in [0.05, 0.1) is 28.2 Å². The van der Waals surface area contributed by atoms with E-state index >= 15 is 0 Å². The highest BCUT2D eigenvalue weighted by Gasteiger charge is 2.44. The number of hydrogen-bond acceptors (Lipinski definition) is 6. The molecule has 0 radical (unpaired) electrons. The smallest absolute Gasteiger partial charge is 0.251 e. The van der Waals surface area contributed by atoms with Gasteiger partial charge in [-0.15, -0.1) is 11.3 Å². The number of aliphatic hydroxyl groups is 1. The van der Waals surface area contributed by atoms with Gasteiger partial charge in [0.25, 0.3) is 5.91 Å². The summed E-state index contributed by atoms with van der Waals surface area (Å²) in [5, 5.41) is 16.4. The van der Waals surface area contributed by atoms with Gasteiger partial charge in [-0.1, -0.05) is 67.0 Å². The van der Waals surface area contributed by atoms with Crippen molar-refractivity contribution in [3.05, 3.63) is 75.3 Å². The summed E-state index contributed by atoms with van der Waals surface area (Å²) >= 11 is 4.96. The van der Waals surface area contributed by atoms with Crippen molar-refractivity contribution in [2.45, 2.75) is 65.3 Å². The molecule has 3 aromatic rings. The van der Waals surface area contributed by atoms with E-state index in [1.54, 1.807) is 29.5 Å².